The Morgan fingerprint density at radius 1 is 1.00 bits per heavy atom. The molecular formula is C22H28N4O3. The summed E-state index contributed by atoms with van der Waals surface area (Å²) < 4.78 is 5.29. The molecule has 1 aliphatic heterocycles. The van der Waals surface area contributed by atoms with Crippen molar-refractivity contribution in [2.45, 2.75) is 13.0 Å². The number of amides is 2. The fraction of sp³-hybridized carbons (Fsp3) is 0.364. The molecule has 0 aliphatic carbocycles. The van der Waals surface area contributed by atoms with Crippen LogP contribution in [-0.4, -0.2) is 49.6 Å². The number of anilines is 2. The molecule has 0 aromatic heterocycles. The molecule has 1 heterocycles. The minimum absolute atomic E-state index is 0.0638. The van der Waals surface area contributed by atoms with Gasteiger partial charge < -0.3 is 21.1 Å². The lowest BCUT2D eigenvalue weighted by molar-refractivity contribution is -0.120. The van der Waals surface area contributed by atoms with Gasteiger partial charge in [0.2, 0.25) is 11.8 Å². The van der Waals surface area contributed by atoms with Gasteiger partial charge in [-0.3, -0.25) is 14.5 Å². The first kappa shape index (κ1) is 21.0. The van der Waals surface area contributed by atoms with Crippen molar-refractivity contribution >= 4 is 23.2 Å². The van der Waals surface area contributed by atoms with Gasteiger partial charge in [0.15, 0.2) is 0 Å². The van der Waals surface area contributed by atoms with E-state index in [4.69, 9.17) is 10.5 Å². The van der Waals surface area contributed by atoms with Gasteiger partial charge in [0.25, 0.3) is 0 Å². The van der Waals surface area contributed by atoms with Gasteiger partial charge in [-0.2, -0.15) is 0 Å². The Balaban J connectivity index is 1.50. The second-order valence-electron chi connectivity index (χ2n) is 7.23. The van der Waals surface area contributed by atoms with Crippen molar-refractivity contribution in [3.05, 3.63) is 60.2 Å². The average molecular weight is 396 g/mol. The van der Waals surface area contributed by atoms with E-state index >= 15 is 0 Å². The number of rotatable bonds is 7. The van der Waals surface area contributed by atoms with Crippen molar-refractivity contribution < 1.29 is 14.3 Å². The Bertz CT molecular complexity index is 805. The first-order valence-electron chi connectivity index (χ1n) is 9.84. The van der Waals surface area contributed by atoms with Gasteiger partial charge in [0, 0.05) is 30.5 Å². The van der Waals surface area contributed by atoms with E-state index in [9.17, 15) is 9.59 Å². The number of carbonyl (C=O) groups is 2. The number of nitrogens with two attached hydrogens (primary N) is 1. The summed E-state index contributed by atoms with van der Waals surface area (Å²) in [6, 6.07) is 16.3. The van der Waals surface area contributed by atoms with E-state index in [1.165, 1.54) is 0 Å². The third kappa shape index (κ3) is 6.12. The van der Waals surface area contributed by atoms with Crippen LogP contribution in [0.5, 0.6) is 0 Å². The van der Waals surface area contributed by atoms with Crippen LogP contribution in [0.25, 0.3) is 0 Å². The highest BCUT2D eigenvalue weighted by molar-refractivity contribution is 5.94. The van der Waals surface area contributed by atoms with Crippen LogP contribution in [0.2, 0.25) is 0 Å². The molecule has 7 heteroatoms. The van der Waals surface area contributed by atoms with E-state index in [1.807, 2.05) is 37.3 Å². The van der Waals surface area contributed by atoms with E-state index in [-0.39, 0.29) is 23.8 Å². The van der Waals surface area contributed by atoms with Gasteiger partial charge in [0.1, 0.15) is 0 Å². The molecule has 4 N–H and O–H groups in total. The maximum atomic E-state index is 12.5. The molecule has 3 rings (SSSR count). The molecule has 1 fully saturated rings. The summed E-state index contributed by atoms with van der Waals surface area (Å²) >= 11 is 0. The first-order valence-corrected chi connectivity index (χ1v) is 9.84. The van der Waals surface area contributed by atoms with Crippen molar-refractivity contribution in [1.29, 1.82) is 0 Å². The summed E-state index contributed by atoms with van der Waals surface area (Å²) in [4.78, 5) is 26.8. The second kappa shape index (κ2) is 10.2. The maximum Gasteiger partial charge on any atom is 0.238 e. The van der Waals surface area contributed by atoms with Gasteiger partial charge in [-0.15, -0.1) is 0 Å². The molecule has 1 aliphatic rings. The molecule has 7 nitrogen and oxygen atoms in total. The first-order chi connectivity index (χ1) is 14.0. The normalized spacial score (nSPS) is 16.6. The summed E-state index contributed by atoms with van der Waals surface area (Å²) in [6.07, 6.45) is 0. The minimum Gasteiger partial charge on any atom is -0.379 e. The maximum absolute atomic E-state index is 12.5. The van der Waals surface area contributed by atoms with Crippen LogP contribution in [0.3, 0.4) is 0 Å². The van der Waals surface area contributed by atoms with E-state index < -0.39 is 0 Å². The minimum atomic E-state index is -0.384. The highest BCUT2D eigenvalue weighted by Crippen LogP contribution is 2.21. The Labute approximate surface area is 171 Å². The number of nitrogens with zero attached hydrogens (tertiary/aromatic N) is 1. The number of ether oxygens (including phenoxy) is 1. The smallest absolute Gasteiger partial charge is 0.238 e. The van der Waals surface area contributed by atoms with Crippen LogP contribution in [-0.2, 0) is 14.3 Å². The average Bonchev–Trinajstić information content (AvgIpc) is 2.75. The Kier molecular flexibility index (Phi) is 7.35. The zero-order valence-corrected chi connectivity index (χ0v) is 16.6. The van der Waals surface area contributed by atoms with Crippen molar-refractivity contribution in [3.8, 4) is 0 Å². The number of benzene rings is 2. The van der Waals surface area contributed by atoms with Gasteiger partial charge in [0.05, 0.1) is 25.7 Å². The lowest BCUT2D eigenvalue weighted by Gasteiger charge is -2.25. The summed E-state index contributed by atoms with van der Waals surface area (Å²) in [6.45, 7) is 5.01. The SMILES string of the molecule is CC(C(=O)Nc1ccc(NC(=O)CN2CCOCC2)cc1)C(N)c1ccccc1. The fourth-order valence-electron chi connectivity index (χ4n) is 3.18. The summed E-state index contributed by atoms with van der Waals surface area (Å²) in [5.41, 5.74) is 8.50. The topological polar surface area (TPSA) is 96.7 Å². The van der Waals surface area contributed by atoms with Gasteiger partial charge in [-0.1, -0.05) is 37.3 Å². The Morgan fingerprint density at radius 3 is 2.21 bits per heavy atom. The number of hydrogen-bond donors (Lipinski definition) is 3. The van der Waals surface area contributed by atoms with Crippen molar-refractivity contribution in [2.75, 3.05) is 43.5 Å². The molecule has 2 unspecified atom stereocenters. The van der Waals surface area contributed by atoms with E-state index in [1.54, 1.807) is 24.3 Å². The highest BCUT2D eigenvalue weighted by Gasteiger charge is 2.22. The summed E-state index contributed by atoms with van der Waals surface area (Å²) in [5, 5.41) is 5.76. The van der Waals surface area contributed by atoms with Crippen molar-refractivity contribution in [1.82, 2.24) is 4.90 Å². The molecule has 2 aromatic carbocycles. The Hall–Kier alpha value is -2.74. The number of hydrogen-bond acceptors (Lipinski definition) is 5. The lowest BCUT2D eigenvalue weighted by Crippen LogP contribution is -2.41. The van der Waals surface area contributed by atoms with E-state index in [0.717, 1.165) is 18.7 Å². The third-order valence-electron chi connectivity index (χ3n) is 5.04. The molecule has 29 heavy (non-hydrogen) atoms. The Morgan fingerprint density at radius 2 is 1.59 bits per heavy atom. The quantitative estimate of drug-likeness (QED) is 0.667. The monoisotopic (exact) mass is 396 g/mol. The van der Waals surface area contributed by atoms with Crippen LogP contribution < -0.4 is 16.4 Å². The largest absolute Gasteiger partial charge is 0.379 e. The number of morpholine rings is 1. The standard InChI is InChI=1S/C22H28N4O3/c1-16(21(23)17-5-3-2-4-6-17)22(28)25-19-9-7-18(8-10-19)24-20(27)15-26-11-13-29-14-12-26/h2-10,16,21H,11-15,23H2,1H3,(H,24,27)(H,25,28). The third-order valence-corrected chi connectivity index (χ3v) is 5.04. The predicted octanol–water partition coefficient (Wildman–Crippen LogP) is 2.23. The van der Waals surface area contributed by atoms with Gasteiger partial charge >= 0.3 is 0 Å². The molecule has 0 saturated carbocycles. The molecule has 0 bridgehead atoms. The predicted molar refractivity (Wildman–Crippen MR) is 113 cm³/mol. The molecule has 0 spiro atoms. The van der Waals surface area contributed by atoms with E-state index in [0.29, 0.717) is 31.1 Å². The van der Waals surface area contributed by atoms with Crippen LogP contribution >= 0.6 is 0 Å². The van der Waals surface area contributed by atoms with Crippen LogP contribution in [0.1, 0.15) is 18.5 Å². The summed E-state index contributed by atoms with van der Waals surface area (Å²) in [7, 11) is 0. The lowest BCUT2D eigenvalue weighted by atomic mass is 9.94. The fourth-order valence-corrected chi connectivity index (χ4v) is 3.18. The zero-order chi connectivity index (χ0) is 20.6. The molecule has 2 atom stereocenters. The number of nitrogens with one attached hydrogen (secondary N) is 2. The number of carbonyl (C=O) groups excluding carboxylic acids is 2. The van der Waals surface area contributed by atoms with Gasteiger partial charge in [-0.05, 0) is 29.8 Å². The van der Waals surface area contributed by atoms with Crippen molar-refractivity contribution in [2.24, 2.45) is 11.7 Å². The van der Waals surface area contributed by atoms with Crippen LogP contribution in [0.15, 0.2) is 54.6 Å². The van der Waals surface area contributed by atoms with Gasteiger partial charge in [-0.25, -0.2) is 0 Å². The molecule has 154 valence electrons. The molecule has 2 amide bonds. The van der Waals surface area contributed by atoms with Crippen molar-refractivity contribution in [3.63, 3.8) is 0 Å². The molecular weight excluding hydrogens is 368 g/mol. The second-order valence-corrected chi connectivity index (χ2v) is 7.23. The zero-order valence-electron chi connectivity index (χ0n) is 16.6. The van der Waals surface area contributed by atoms with E-state index in [2.05, 4.69) is 15.5 Å². The van der Waals surface area contributed by atoms with Crippen LogP contribution in [0.4, 0.5) is 11.4 Å². The highest BCUT2D eigenvalue weighted by atomic mass is 16.5. The molecule has 2 aromatic rings. The van der Waals surface area contributed by atoms with Crippen LogP contribution in [0, 0.1) is 5.92 Å². The molecule has 1 saturated heterocycles. The summed E-state index contributed by atoms with van der Waals surface area (Å²) in [5.74, 6) is -0.595. The molecule has 0 radical (unpaired) electrons.